The van der Waals surface area contributed by atoms with Crippen molar-refractivity contribution in [3.8, 4) is 11.5 Å². The zero-order valence-electron chi connectivity index (χ0n) is 16.3. The van der Waals surface area contributed by atoms with Gasteiger partial charge in [-0.1, -0.05) is 59.6 Å². The monoisotopic (exact) mass is 442 g/mol. The van der Waals surface area contributed by atoms with E-state index in [1.165, 1.54) is 6.21 Å². The van der Waals surface area contributed by atoms with Crippen molar-refractivity contribution in [3.63, 3.8) is 0 Å². The number of amides is 1. The van der Waals surface area contributed by atoms with Crippen molar-refractivity contribution < 1.29 is 14.3 Å². The van der Waals surface area contributed by atoms with Crippen molar-refractivity contribution in [1.29, 1.82) is 0 Å². The minimum Gasteiger partial charge on any atom is -0.489 e. The third kappa shape index (κ3) is 6.51. The third-order valence-electron chi connectivity index (χ3n) is 4.12. The fraction of sp³-hybridized carbons (Fsp3) is 0.130. The number of hydrogen-bond acceptors (Lipinski definition) is 4. The average molecular weight is 443 g/mol. The number of rotatable bonds is 8. The molecule has 0 unspecified atom stereocenters. The van der Waals surface area contributed by atoms with E-state index in [2.05, 4.69) is 10.5 Å². The zero-order chi connectivity index (χ0) is 21.3. The van der Waals surface area contributed by atoms with Crippen LogP contribution in [0.1, 0.15) is 16.7 Å². The average Bonchev–Trinajstić information content (AvgIpc) is 2.73. The first-order valence-electron chi connectivity index (χ1n) is 9.18. The van der Waals surface area contributed by atoms with Gasteiger partial charge in [0.15, 0.2) is 6.61 Å². The Bertz CT molecular complexity index is 1050. The van der Waals surface area contributed by atoms with Crippen molar-refractivity contribution in [2.24, 2.45) is 5.10 Å². The van der Waals surface area contributed by atoms with Crippen LogP contribution in [0.2, 0.25) is 10.0 Å². The first kappa shape index (κ1) is 21.7. The van der Waals surface area contributed by atoms with Gasteiger partial charge in [-0.25, -0.2) is 5.43 Å². The molecule has 0 radical (unpaired) electrons. The van der Waals surface area contributed by atoms with E-state index >= 15 is 0 Å². The summed E-state index contributed by atoms with van der Waals surface area (Å²) in [5.41, 5.74) is 5.02. The van der Waals surface area contributed by atoms with Gasteiger partial charge in [0.05, 0.1) is 6.21 Å². The Balaban J connectivity index is 1.50. The van der Waals surface area contributed by atoms with Gasteiger partial charge < -0.3 is 9.47 Å². The van der Waals surface area contributed by atoms with Crippen LogP contribution >= 0.6 is 23.2 Å². The molecule has 0 saturated heterocycles. The summed E-state index contributed by atoms with van der Waals surface area (Å²) in [6.45, 7) is 2.11. The van der Waals surface area contributed by atoms with Crippen LogP contribution in [0.15, 0.2) is 71.8 Å². The van der Waals surface area contributed by atoms with Gasteiger partial charge in [-0.05, 0) is 48.4 Å². The number of para-hydroxylation sites is 1. The summed E-state index contributed by atoms with van der Waals surface area (Å²) in [5.74, 6) is 0.973. The number of hydrogen-bond donors (Lipinski definition) is 1. The van der Waals surface area contributed by atoms with E-state index < -0.39 is 0 Å². The molecule has 3 rings (SSSR count). The molecule has 0 aliphatic heterocycles. The summed E-state index contributed by atoms with van der Waals surface area (Å²) in [6.07, 6.45) is 1.54. The van der Waals surface area contributed by atoms with Gasteiger partial charge in [-0.3, -0.25) is 4.79 Å². The smallest absolute Gasteiger partial charge is 0.277 e. The molecule has 1 N–H and O–H groups in total. The lowest BCUT2D eigenvalue weighted by Gasteiger charge is -2.09. The largest absolute Gasteiger partial charge is 0.489 e. The fourth-order valence-corrected chi connectivity index (χ4v) is 3.02. The number of nitrogens with zero attached hydrogens (tertiary/aromatic N) is 1. The number of hydrazone groups is 1. The van der Waals surface area contributed by atoms with E-state index in [1.54, 1.807) is 12.1 Å². The number of nitrogens with one attached hydrogen (secondary N) is 1. The summed E-state index contributed by atoms with van der Waals surface area (Å²) >= 11 is 12.1. The van der Waals surface area contributed by atoms with Gasteiger partial charge in [-0.15, -0.1) is 0 Å². The maximum Gasteiger partial charge on any atom is 0.277 e. The van der Waals surface area contributed by atoms with Gasteiger partial charge in [0.2, 0.25) is 0 Å². The topological polar surface area (TPSA) is 59.9 Å². The van der Waals surface area contributed by atoms with E-state index in [0.717, 1.165) is 16.7 Å². The molecule has 30 heavy (non-hydrogen) atoms. The quantitative estimate of drug-likeness (QED) is 0.374. The molecular formula is C23H20Cl2N2O3. The van der Waals surface area contributed by atoms with E-state index in [-0.39, 0.29) is 12.5 Å². The lowest BCUT2D eigenvalue weighted by atomic mass is 10.2. The highest BCUT2D eigenvalue weighted by atomic mass is 35.5. The third-order valence-corrected chi connectivity index (χ3v) is 4.71. The van der Waals surface area contributed by atoms with Crippen LogP contribution in [0, 0.1) is 6.92 Å². The van der Waals surface area contributed by atoms with Crippen molar-refractivity contribution >= 4 is 35.3 Å². The fourth-order valence-electron chi connectivity index (χ4n) is 2.56. The van der Waals surface area contributed by atoms with Crippen LogP contribution in [0.5, 0.6) is 11.5 Å². The minimum absolute atomic E-state index is 0.118. The summed E-state index contributed by atoms with van der Waals surface area (Å²) in [5, 5.41) is 5.09. The van der Waals surface area contributed by atoms with Gasteiger partial charge in [0.1, 0.15) is 18.1 Å². The Morgan fingerprint density at radius 1 is 1.03 bits per heavy atom. The molecule has 7 heteroatoms. The van der Waals surface area contributed by atoms with E-state index in [4.69, 9.17) is 32.7 Å². The second-order valence-electron chi connectivity index (χ2n) is 6.44. The second kappa shape index (κ2) is 10.7. The SMILES string of the molecule is Cc1ccccc1OCC(=O)NN=Cc1cccc(OCc2ccc(Cl)cc2Cl)c1. The number of ether oxygens (including phenoxy) is 2. The minimum atomic E-state index is -0.348. The van der Waals surface area contributed by atoms with Gasteiger partial charge in [0.25, 0.3) is 5.91 Å². The number of carbonyl (C=O) groups is 1. The second-order valence-corrected chi connectivity index (χ2v) is 7.29. The van der Waals surface area contributed by atoms with Crippen LogP contribution in [-0.2, 0) is 11.4 Å². The molecule has 0 aromatic heterocycles. The van der Waals surface area contributed by atoms with Gasteiger partial charge in [0, 0.05) is 15.6 Å². The number of carbonyl (C=O) groups excluding carboxylic acids is 1. The normalized spacial score (nSPS) is 10.8. The first-order valence-corrected chi connectivity index (χ1v) is 9.94. The summed E-state index contributed by atoms with van der Waals surface area (Å²) in [7, 11) is 0. The molecule has 0 spiro atoms. The maximum atomic E-state index is 11.9. The van der Waals surface area contributed by atoms with Crippen LogP contribution in [0.3, 0.4) is 0 Å². The molecule has 0 aliphatic carbocycles. The molecular weight excluding hydrogens is 423 g/mol. The zero-order valence-corrected chi connectivity index (χ0v) is 17.8. The summed E-state index contributed by atoms with van der Waals surface area (Å²) in [4.78, 5) is 11.9. The molecule has 5 nitrogen and oxygen atoms in total. The van der Waals surface area contributed by atoms with Crippen LogP contribution in [0.4, 0.5) is 0 Å². The highest BCUT2D eigenvalue weighted by molar-refractivity contribution is 6.35. The standard InChI is InChI=1S/C23H20Cl2N2O3/c1-16-5-2-3-8-22(16)30-15-23(28)27-26-13-17-6-4-7-20(11-17)29-14-18-9-10-19(24)12-21(18)25/h2-13H,14-15H2,1H3,(H,27,28). The molecule has 0 fully saturated rings. The van der Waals surface area contributed by atoms with Crippen molar-refractivity contribution in [2.75, 3.05) is 6.61 Å². The molecule has 0 heterocycles. The molecule has 0 atom stereocenters. The summed E-state index contributed by atoms with van der Waals surface area (Å²) < 4.78 is 11.3. The van der Waals surface area contributed by atoms with Crippen molar-refractivity contribution in [1.82, 2.24) is 5.43 Å². The van der Waals surface area contributed by atoms with Crippen molar-refractivity contribution in [3.05, 3.63) is 93.5 Å². The molecule has 0 aliphatic rings. The van der Waals surface area contributed by atoms with Crippen LogP contribution in [-0.4, -0.2) is 18.7 Å². The first-order chi connectivity index (χ1) is 14.5. The number of benzene rings is 3. The lowest BCUT2D eigenvalue weighted by molar-refractivity contribution is -0.123. The molecule has 1 amide bonds. The molecule has 0 bridgehead atoms. The van der Waals surface area contributed by atoms with Crippen LogP contribution in [0.25, 0.3) is 0 Å². The van der Waals surface area contributed by atoms with E-state index in [0.29, 0.717) is 28.2 Å². The maximum absolute atomic E-state index is 11.9. The molecule has 3 aromatic carbocycles. The predicted molar refractivity (Wildman–Crippen MR) is 120 cm³/mol. The molecule has 154 valence electrons. The van der Waals surface area contributed by atoms with E-state index in [1.807, 2.05) is 61.5 Å². The van der Waals surface area contributed by atoms with Crippen molar-refractivity contribution in [2.45, 2.75) is 13.5 Å². The van der Waals surface area contributed by atoms with Gasteiger partial charge in [-0.2, -0.15) is 5.10 Å². The molecule has 3 aromatic rings. The predicted octanol–water partition coefficient (Wildman–Crippen LogP) is 5.41. The summed E-state index contributed by atoms with van der Waals surface area (Å²) in [6, 6.07) is 20.1. The van der Waals surface area contributed by atoms with Gasteiger partial charge >= 0.3 is 0 Å². The molecule has 0 saturated carbocycles. The van der Waals surface area contributed by atoms with Crippen LogP contribution < -0.4 is 14.9 Å². The number of halogens is 2. The Hall–Kier alpha value is -3.02. The Labute approximate surface area is 185 Å². The lowest BCUT2D eigenvalue weighted by Crippen LogP contribution is -2.24. The highest BCUT2D eigenvalue weighted by Crippen LogP contribution is 2.23. The Morgan fingerprint density at radius 3 is 2.67 bits per heavy atom. The number of aryl methyl sites for hydroxylation is 1. The Kier molecular flexibility index (Phi) is 7.71. The Morgan fingerprint density at radius 2 is 1.87 bits per heavy atom. The van der Waals surface area contributed by atoms with E-state index in [9.17, 15) is 4.79 Å². The highest BCUT2D eigenvalue weighted by Gasteiger charge is 2.04.